The summed E-state index contributed by atoms with van der Waals surface area (Å²) in [5.41, 5.74) is 2.60. The second kappa shape index (κ2) is 6.03. The topological polar surface area (TPSA) is 62.9 Å². The van der Waals surface area contributed by atoms with Crippen LogP contribution in [0.5, 0.6) is 5.75 Å². The number of hydrogen-bond donors (Lipinski definition) is 1. The van der Waals surface area contributed by atoms with Crippen LogP contribution in [0, 0.1) is 11.3 Å². The van der Waals surface area contributed by atoms with Gasteiger partial charge in [-0.15, -0.1) is 0 Å². The average Bonchev–Trinajstić information content (AvgIpc) is 2.84. The third-order valence-corrected chi connectivity index (χ3v) is 2.79. The number of nitriles is 1. The van der Waals surface area contributed by atoms with Gasteiger partial charge >= 0.3 is 0 Å². The lowest BCUT2D eigenvalue weighted by Crippen LogP contribution is -2.13. The third kappa shape index (κ3) is 3.33. The van der Waals surface area contributed by atoms with Crippen molar-refractivity contribution >= 4 is 0 Å². The summed E-state index contributed by atoms with van der Waals surface area (Å²) in [4.78, 5) is 0. The maximum Gasteiger partial charge on any atom is 0.136 e. The Labute approximate surface area is 112 Å². The smallest absolute Gasteiger partial charge is 0.136 e. The highest BCUT2D eigenvalue weighted by Crippen LogP contribution is 2.18. The van der Waals surface area contributed by atoms with E-state index in [0.717, 1.165) is 11.3 Å². The minimum atomic E-state index is 0.555. The predicted octanol–water partition coefficient (Wildman–Crippen LogP) is 1.59. The van der Waals surface area contributed by atoms with E-state index in [-0.39, 0.29) is 0 Å². The summed E-state index contributed by atoms with van der Waals surface area (Å²) < 4.78 is 6.89. The van der Waals surface area contributed by atoms with Gasteiger partial charge in [-0.1, -0.05) is 6.07 Å². The Bertz CT molecular complexity index is 598. The molecule has 0 atom stereocenters. The van der Waals surface area contributed by atoms with Gasteiger partial charge in [-0.05, 0) is 23.8 Å². The maximum absolute atomic E-state index is 9.02. The second-order valence-corrected chi connectivity index (χ2v) is 4.23. The Morgan fingerprint density at radius 2 is 2.21 bits per heavy atom. The standard InChI is InChI=1S/C14H16N4O/c1-18-6-5-13(17-18)10-16-9-11-3-4-14(19-2)12(7-11)8-15/h3-7,16H,9-10H2,1-2H3. The molecule has 0 radical (unpaired) electrons. The molecular weight excluding hydrogens is 240 g/mol. The minimum Gasteiger partial charge on any atom is -0.495 e. The first-order chi connectivity index (χ1) is 9.22. The number of hydrogen-bond acceptors (Lipinski definition) is 4. The zero-order valence-corrected chi connectivity index (χ0v) is 11.1. The van der Waals surface area contributed by atoms with E-state index in [4.69, 9.17) is 10.00 Å². The summed E-state index contributed by atoms with van der Waals surface area (Å²) in [5, 5.41) is 16.6. The first-order valence-electron chi connectivity index (χ1n) is 5.99. The number of rotatable bonds is 5. The number of aromatic nitrogens is 2. The van der Waals surface area contributed by atoms with Crippen molar-refractivity contribution in [2.24, 2.45) is 7.05 Å². The van der Waals surface area contributed by atoms with E-state index in [2.05, 4.69) is 16.5 Å². The normalized spacial score (nSPS) is 10.2. The molecule has 0 aliphatic carbocycles. The number of methoxy groups -OCH3 is 1. The van der Waals surface area contributed by atoms with Crippen LogP contribution in [0.3, 0.4) is 0 Å². The molecule has 2 aromatic rings. The fraction of sp³-hybridized carbons (Fsp3) is 0.286. The highest BCUT2D eigenvalue weighted by atomic mass is 16.5. The van der Waals surface area contributed by atoms with E-state index in [0.29, 0.717) is 24.4 Å². The van der Waals surface area contributed by atoms with E-state index in [9.17, 15) is 0 Å². The molecule has 0 aliphatic heterocycles. The van der Waals surface area contributed by atoms with Crippen molar-refractivity contribution < 1.29 is 4.74 Å². The van der Waals surface area contributed by atoms with Gasteiger partial charge in [-0.2, -0.15) is 10.4 Å². The zero-order chi connectivity index (χ0) is 13.7. The molecule has 1 aromatic heterocycles. The van der Waals surface area contributed by atoms with E-state index in [1.165, 1.54) is 0 Å². The first-order valence-corrected chi connectivity index (χ1v) is 5.99. The number of nitrogens with one attached hydrogen (secondary N) is 1. The lowest BCUT2D eigenvalue weighted by Gasteiger charge is -2.06. The molecule has 1 heterocycles. The highest BCUT2D eigenvalue weighted by Gasteiger charge is 2.03. The number of aryl methyl sites for hydroxylation is 1. The van der Waals surface area contributed by atoms with Crippen LogP contribution in [-0.4, -0.2) is 16.9 Å². The van der Waals surface area contributed by atoms with Crippen LogP contribution in [-0.2, 0) is 20.1 Å². The van der Waals surface area contributed by atoms with E-state index >= 15 is 0 Å². The molecule has 0 saturated carbocycles. The van der Waals surface area contributed by atoms with Gasteiger partial charge in [0.2, 0.25) is 0 Å². The summed E-state index contributed by atoms with van der Waals surface area (Å²) in [5.74, 6) is 0.607. The van der Waals surface area contributed by atoms with Gasteiger partial charge in [0.15, 0.2) is 0 Å². The molecule has 5 heteroatoms. The zero-order valence-electron chi connectivity index (χ0n) is 11.1. The molecule has 2 rings (SSSR count). The fourth-order valence-electron chi connectivity index (χ4n) is 1.84. The third-order valence-electron chi connectivity index (χ3n) is 2.79. The summed E-state index contributed by atoms with van der Waals surface area (Å²) in [6.45, 7) is 1.39. The van der Waals surface area contributed by atoms with Gasteiger partial charge in [0, 0.05) is 26.3 Å². The van der Waals surface area contributed by atoms with Crippen molar-refractivity contribution in [3.63, 3.8) is 0 Å². The van der Waals surface area contributed by atoms with E-state index < -0.39 is 0 Å². The molecule has 0 bridgehead atoms. The van der Waals surface area contributed by atoms with Crippen molar-refractivity contribution in [1.82, 2.24) is 15.1 Å². The van der Waals surface area contributed by atoms with Crippen LogP contribution in [0.25, 0.3) is 0 Å². The second-order valence-electron chi connectivity index (χ2n) is 4.23. The van der Waals surface area contributed by atoms with Crippen molar-refractivity contribution in [2.45, 2.75) is 13.1 Å². The SMILES string of the molecule is COc1ccc(CNCc2ccn(C)n2)cc1C#N. The summed E-state index contributed by atoms with van der Waals surface area (Å²) in [7, 11) is 3.46. The number of ether oxygens (including phenoxy) is 1. The molecule has 1 aromatic carbocycles. The molecule has 0 fully saturated rings. The highest BCUT2D eigenvalue weighted by molar-refractivity contribution is 5.45. The molecule has 98 valence electrons. The Kier molecular flexibility index (Phi) is 4.16. The van der Waals surface area contributed by atoms with Crippen LogP contribution >= 0.6 is 0 Å². The largest absolute Gasteiger partial charge is 0.495 e. The molecule has 0 spiro atoms. The van der Waals surface area contributed by atoms with Crippen molar-refractivity contribution in [2.75, 3.05) is 7.11 Å². The monoisotopic (exact) mass is 256 g/mol. The van der Waals surface area contributed by atoms with Gasteiger partial charge in [0.1, 0.15) is 11.8 Å². The van der Waals surface area contributed by atoms with E-state index in [1.807, 2.05) is 37.5 Å². The lowest BCUT2D eigenvalue weighted by molar-refractivity contribution is 0.413. The van der Waals surface area contributed by atoms with Gasteiger partial charge in [0.25, 0.3) is 0 Å². The van der Waals surface area contributed by atoms with Gasteiger partial charge in [-0.3, -0.25) is 4.68 Å². The predicted molar refractivity (Wildman–Crippen MR) is 71.5 cm³/mol. The Balaban J connectivity index is 1.95. The Hall–Kier alpha value is -2.32. The molecular formula is C14H16N4O. The maximum atomic E-state index is 9.02. The van der Waals surface area contributed by atoms with Crippen LogP contribution in [0.15, 0.2) is 30.5 Å². The number of benzene rings is 1. The van der Waals surface area contributed by atoms with E-state index in [1.54, 1.807) is 11.8 Å². The quantitative estimate of drug-likeness (QED) is 0.882. The summed E-state index contributed by atoms with van der Waals surface area (Å²) >= 11 is 0. The average molecular weight is 256 g/mol. The minimum absolute atomic E-state index is 0.555. The lowest BCUT2D eigenvalue weighted by atomic mass is 10.1. The van der Waals surface area contributed by atoms with Crippen molar-refractivity contribution in [3.8, 4) is 11.8 Å². The number of nitrogens with zero attached hydrogens (tertiary/aromatic N) is 3. The van der Waals surface area contributed by atoms with Crippen molar-refractivity contribution in [1.29, 1.82) is 5.26 Å². The summed E-state index contributed by atoms with van der Waals surface area (Å²) in [6, 6.07) is 9.71. The molecule has 0 aliphatic rings. The molecule has 0 unspecified atom stereocenters. The van der Waals surface area contributed by atoms with Crippen LogP contribution in [0.1, 0.15) is 16.8 Å². The molecule has 0 amide bonds. The molecule has 0 saturated heterocycles. The fourth-order valence-corrected chi connectivity index (χ4v) is 1.84. The van der Waals surface area contributed by atoms with Gasteiger partial charge in [0.05, 0.1) is 18.4 Å². The molecule has 5 nitrogen and oxygen atoms in total. The van der Waals surface area contributed by atoms with Crippen LogP contribution in [0.2, 0.25) is 0 Å². The summed E-state index contributed by atoms with van der Waals surface area (Å²) in [6.07, 6.45) is 1.91. The van der Waals surface area contributed by atoms with Crippen LogP contribution < -0.4 is 10.1 Å². The molecule has 19 heavy (non-hydrogen) atoms. The van der Waals surface area contributed by atoms with Gasteiger partial charge < -0.3 is 10.1 Å². The Morgan fingerprint density at radius 1 is 1.37 bits per heavy atom. The van der Waals surface area contributed by atoms with Gasteiger partial charge in [-0.25, -0.2) is 0 Å². The van der Waals surface area contributed by atoms with Crippen molar-refractivity contribution in [3.05, 3.63) is 47.3 Å². The Morgan fingerprint density at radius 3 is 2.84 bits per heavy atom. The van der Waals surface area contributed by atoms with Crippen LogP contribution in [0.4, 0.5) is 0 Å². The first kappa shape index (κ1) is 13.1. The molecule has 1 N–H and O–H groups in total.